The van der Waals surface area contributed by atoms with Gasteiger partial charge in [-0.3, -0.25) is 4.79 Å². The standard InChI is InChI=1S/C16H17NO2/c1-11-7-12(2)9-15(8-11)19-14-6-4-5-13(10-14)16(18)17-3/h4-10H,1-3H3,(H,17,18). The Kier molecular flexibility index (Phi) is 3.85. The molecule has 0 atom stereocenters. The third-order valence-electron chi connectivity index (χ3n) is 2.75. The highest BCUT2D eigenvalue weighted by molar-refractivity contribution is 5.94. The molecule has 2 rings (SSSR count). The number of amides is 1. The van der Waals surface area contributed by atoms with Gasteiger partial charge in [0.2, 0.25) is 0 Å². The van der Waals surface area contributed by atoms with Crippen LogP contribution >= 0.6 is 0 Å². The number of hydrogen-bond donors (Lipinski definition) is 1. The fourth-order valence-electron chi connectivity index (χ4n) is 1.97. The molecule has 0 unspecified atom stereocenters. The molecule has 0 aromatic heterocycles. The zero-order chi connectivity index (χ0) is 13.8. The van der Waals surface area contributed by atoms with Crippen molar-refractivity contribution in [2.75, 3.05) is 7.05 Å². The largest absolute Gasteiger partial charge is 0.457 e. The summed E-state index contributed by atoms with van der Waals surface area (Å²) < 4.78 is 5.80. The van der Waals surface area contributed by atoms with E-state index in [0.717, 1.165) is 16.9 Å². The van der Waals surface area contributed by atoms with Crippen LogP contribution in [0.2, 0.25) is 0 Å². The first-order chi connectivity index (χ1) is 9.08. The predicted molar refractivity (Wildman–Crippen MR) is 75.8 cm³/mol. The lowest BCUT2D eigenvalue weighted by Crippen LogP contribution is -2.17. The number of ether oxygens (including phenoxy) is 1. The molecular weight excluding hydrogens is 238 g/mol. The molecule has 1 N–H and O–H groups in total. The van der Waals surface area contributed by atoms with Crippen molar-refractivity contribution in [3.8, 4) is 11.5 Å². The van der Waals surface area contributed by atoms with E-state index in [4.69, 9.17) is 4.74 Å². The Morgan fingerprint density at radius 1 is 1.00 bits per heavy atom. The van der Waals surface area contributed by atoms with E-state index in [1.165, 1.54) is 0 Å². The summed E-state index contributed by atoms with van der Waals surface area (Å²) in [6, 6.07) is 13.2. The van der Waals surface area contributed by atoms with Crippen LogP contribution in [0.15, 0.2) is 42.5 Å². The Bertz CT molecular complexity index is 585. The molecule has 98 valence electrons. The quantitative estimate of drug-likeness (QED) is 0.912. The van der Waals surface area contributed by atoms with Gasteiger partial charge < -0.3 is 10.1 Å². The van der Waals surface area contributed by atoms with E-state index in [0.29, 0.717) is 11.3 Å². The van der Waals surface area contributed by atoms with Crippen molar-refractivity contribution in [1.29, 1.82) is 0 Å². The second-order valence-corrected chi connectivity index (χ2v) is 4.53. The van der Waals surface area contributed by atoms with Crippen molar-refractivity contribution in [3.63, 3.8) is 0 Å². The van der Waals surface area contributed by atoms with Crippen molar-refractivity contribution in [2.45, 2.75) is 13.8 Å². The average molecular weight is 255 g/mol. The van der Waals surface area contributed by atoms with Crippen LogP contribution in [0.25, 0.3) is 0 Å². The third-order valence-corrected chi connectivity index (χ3v) is 2.75. The number of rotatable bonds is 3. The first-order valence-electron chi connectivity index (χ1n) is 6.17. The highest BCUT2D eigenvalue weighted by atomic mass is 16.5. The van der Waals surface area contributed by atoms with Crippen LogP contribution in [0.4, 0.5) is 0 Å². The van der Waals surface area contributed by atoms with Crippen molar-refractivity contribution < 1.29 is 9.53 Å². The lowest BCUT2D eigenvalue weighted by Gasteiger charge is -2.09. The molecule has 1 amide bonds. The maximum Gasteiger partial charge on any atom is 0.251 e. The van der Waals surface area contributed by atoms with Gasteiger partial charge in [0.25, 0.3) is 5.91 Å². The number of benzene rings is 2. The maximum absolute atomic E-state index is 11.6. The van der Waals surface area contributed by atoms with Crippen LogP contribution in [-0.2, 0) is 0 Å². The first kappa shape index (κ1) is 13.1. The van der Waals surface area contributed by atoms with E-state index >= 15 is 0 Å². The molecule has 3 heteroatoms. The van der Waals surface area contributed by atoms with Crippen LogP contribution < -0.4 is 10.1 Å². The Hall–Kier alpha value is -2.29. The van der Waals surface area contributed by atoms with Gasteiger partial charge in [-0.1, -0.05) is 12.1 Å². The zero-order valence-electron chi connectivity index (χ0n) is 11.4. The summed E-state index contributed by atoms with van der Waals surface area (Å²) in [5.41, 5.74) is 2.89. The van der Waals surface area contributed by atoms with Crippen molar-refractivity contribution in [2.24, 2.45) is 0 Å². The van der Waals surface area contributed by atoms with E-state index in [-0.39, 0.29) is 5.91 Å². The van der Waals surface area contributed by atoms with Crippen molar-refractivity contribution >= 4 is 5.91 Å². The number of nitrogens with one attached hydrogen (secondary N) is 1. The van der Waals surface area contributed by atoms with Crippen LogP contribution in [0.3, 0.4) is 0 Å². The molecule has 0 radical (unpaired) electrons. The molecule has 0 saturated heterocycles. The van der Waals surface area contributed by atoms with Gasteiger partial charge in [0.15, 0.2) is 0 Å². The number of carbonyl (C=O) groups is 1. The van der Waals surface area contributed by atoms with Crippen molar-refractivity contribution in [3.05, 3.63) is 59.2 Å². The summed E-state index contributed by atoms with van der Waals surface area (Å²) in [5.74, 6) is 1.32. The SMILES string of the molecule is CNC(=O)c1cccc(Oc2cc(C)cc(C)c2)c1. The van der Waals surface area contributed by atoms with Gasteiger partial charge in [-0.2, -0.15) is 0 Å². The fraction of sp³-hybridized carbons (Fsp3) is 0.188. The molecule has 0 aliphatic rings. The smallest absolute Gasteiger partial charge is 0.251 e. The summed E-state index contributed by atoms with van der Waals surface area (Å²) in [4.78, 5) is 11.6. The molecule has 0 bridgehead atoms. The molecule has 0 spiro atoms. The molecule has 2 aromatic carbocycles. The van der Waals surface area contributed by atoms with Gasteiger partial charge in [-0.25, -0.2) is 0 Å². The monoisotopic (exact) mass is 255 g/mol. The third kappa shape index (κ3) is 3.35. The summed E-state index contributed by atoms with van der Waals surface area (Å²) in [6.45, 7) is 4.06. The van der Waals surface area contributed by atoms with Gasteiger partial charge in [-0.15, -0.1) is 0 Å². The van der Waals surface area contributed by atoms with Crippen LogP contribution in [0.5, 0.6) is 11.5 Å². The Labute approximate surface area is 113 Å². The van der Waals surface area contributed by atoms with E-state index in [9.17, 15) is 4.79 Å². The topological polar surface area (TPSA) is 38.3 Å². The predicted octanol–water partition coefficient (Wildman–Crippen LogP) is 3.46. The first-order valence-corrected chi connectivity index (χ1v) is 6.17. The van der Waals surface area contributed by atoms with Gasteiger partial charge >= 0.3 is 0 Å². The Balaban J connectivity index is 2.25. The molecular formula is C16H17NO2. The highest BCUT2D eigenvalue weighted by Crippen LogP contribution is 2.24. The van der Waals surface area contributed by atoms with Gasteiger partial charge in [0.1, 0.15) is 11.5 Å². The van der Waals surface area contributed by atoms with Crippen LogP contribution in [0, 0.1) is 13.8 Å². The number of aryl methyl sites for hydroxylation is 2. The zero-order valence-corrected chi connectivity index (χ0v) is 11.4. The van der Waals surface area contributed by atoms with Gasteiger partial charge in [0, 0.05) is 12.6 Å². The molecule has 0 heterocycles. The molecule has 3 nitrogen and oxygen atoms in total. The summed E-state index contributed by atoms with van der Waals surface area (Å²) in [5, 5.41) is 2.60. The van der Waals surface area contributed by atoms with Gasteiger partial charge in [0.05, 0.1) is 0 Å². The lowest BCUT2D eigenvalue weighted by molar-refractivity contribution is 0.0963. The van der Waals surface area contributed by atoms with E-state index in [1.807, 2.05) is 38.1 Å². The van der Waals surface area contributed by atoms with Gasteiger partial charge in [-0.05, 0) is 55.3 Å². The molecule has 19 heavy (non-hydrogen) atoms. The maximum atomic E-state index is 11.6. The Morgan fingerprint density at radius 3 is 2.32 bits per heavy atom. The van der Waals surface area contributed by atoms with E-state index in [2.05, 4.69) is 11.4 Å². The molecule has 2 aromatic rings. The minimum Gasteiger partial charge on any atom is -0.457 e. The van der Waals surface area contributed by atoms with E-state index in [1.54, 1.807) is 19.2 Å². The summed E-state index contributed by atoms with van der Waals surface area (Å²) in [7, 11) is 1.61. The fourth-order valence-corrected chi connectivity index (χ4v) is 1.97. The second kappa shape index (κ2) is 5.57. The molecule has 0 saturated carbocycles. The highest BCUT2D eigenvalue weighted by Gasteiger charge is 2.05. The normalized spacial score (nSPS) is 10.1. The van der Waals surface area contributed by atoms with Crippen LogP contribution in [-0.4, -0.2) is 13.0 Å². The number of hydrogen-bond acceptors (Lipinski definition) is 2. The summed E-state index contributed by atoms with van der Waals surface area (Å²) in [6.07, 6.45) is 0. The molecule has 0 aliphatic heterocycles. The molecule has 0 aliphatic carbocycles. The second-order valence-electron chi connectivity index (χ2n) is 4.53. The Morgan fingerprint density at radius 2 is 1.68 bits per heavy atom. The van der Waals surface area contributed by atoms with E-state index < -0.39 is 0 Å². The van der Waals surface area contributed by atoms with Crippen molar-refractivity contribution in [1.82, 2.24) is 5.32 Å². The minimum absolute atomic E-state index is 0.120. The minimum atomic E-state index is -0.120. The lowest BCUT2D eigenvalue weighted by atomic mass is 10.1. The number of carbonyl (C=O) groups excluding carboxylic acids is 1. The van der Waals surface area contributed by atoms with Crippen LogP contribution in [0.1, 0.15) is 21.5 Å². The average Bonchev–Trinajstić information content (AvgIpc) is 2.37. The summed E-state index contributed by atoms with van der Waals surface area (Å²) >= 11 is 0. The molecule has 0 fully saturated rings.